The van der Waals surface area contributed by atoms with Gasteiger partial charge in [0.05, 0.1) is 0 Å². The predicted octanol–water partition coefficient (Wildman–Crippen LogP) is 3.62. The summed E-state index contributed by atoms with van der Waals surface area (Å²) >= 11 is 1.71. The van der Waals surface area contributed by atoms with Gasteiger partial charge in [-0.25, -0.2) is 9.59 Å². The van der Waals surface area contributed by atoms with E-state index < -0.39 is 18.0 Å². The summed E-state index contributed by atoms with van der Waals surface area (Å²) in [7, 11) is 0. The first kappa shape index (κ1) is 17.9. The van der Waals surface area contributed by atoms with Gasteiger partial charge in [-0.3, -0.25) is 0 Å². The molecule has 0 saturated carbocycles. The zero-order chi connectivity index (χ0) is 17.4. The Bertz CT molecular complexity index is 674. The lowest BCUT2D eigenvalue weighted by Gasteiger charge is -2.15. The van der Waals surface area contributed by atoms with Crippen molar-refractivity contribution in [1.29, 1.82) is 0 Å². The summed E-state index contributed by atoms with van der Waals surface area (Å²) in [6.07, 6.45) is 0.232. The van der Waals surface area contributed by atoms with E-state index in [1.807, 2.05) is 42.5 Å². The van der Waals surface area contributed by atoms with Crippen molar-refractivity contribution in [2.45, 2.75) is 24.3 Å². The molecule has 0 aliphatic carbocycles. The summed E-state index contributed by atoms with van der Waals surface area (Å²) < 4.78 is 0. The molecule has 2 aromatic rings. The second kappa shape index (κ2) is 8.98. The second-order valence-electron chi connectivity index (χ2n) is 5.14. The van der Waals surface area contributed by atoms with E-state index in [2.05, 4.69) is 17.6 Å². The van der Waals surface area contributed by atoms with Crippen molar-refractivity contribution >= 4 is 29.4 Å². The number of amides is 2. The predicted molar refractivity (Wildman–Crippen MR) is 96.6 cm³/mol. The molecule has 126 valence electrons. The van der Waals surface area contributed by atoms with Gasteiger partial charge in [0, 0.05) is 17.0 Å². The molecule has 0 heterocycles. The Balaban J connectivity index is 1.94. The molecule has 0 unspecified atom stereocenters. The van der Waals surface area contributed by atoms with Gasteiger partial charge in [0.15, 0.2) is 0 Å². The first-order chi connectivity index (χ1) is 11.6. The van der Waals surface area contributed by atoms with Gasteiger partial charge < -0.3 is 15.7 Å². The minimum absolute atomic E-state index is 0.232. The molecule has 5 nitrogen and oxygen atoms in total. The van der Waals surface area contributed by atoms with Crippen molar-refractivity contribution in [2.24, 2.45) is 0 Å². The van der Waals surface area contributed by atoms with E-state index in [1.54, 1.807) is 23.9 Å². The minimum Gasteiger partial charge on any atom is -0.480 e. The van der Waals surface area contributed by atoms with E-state index in [-0.39, 0.29) is 6.42 Å². The molecule has 0 spiro atoms. The van der Waals surface area contributed by atoms with Crippen LogP contribution in [0.2, 0.25) is 0 Å². The molecule has 24 heavy (non-hydrogen) atoms. The van der Waals surface area contributed by atoms with Crippen molar-refractivity contribution in [1.82, 2.24) is 5.32 Å². The molecule has 6 heteroatoms. The van der Waals surface area contributed by atoms with E-state index in [0.29, 0.717) is 5.69 Å². The van der Waals surface area contributed by atoms with Crippen LogP contribution in [0.15, 0.2) is 59.5 Å². The number of aliphatic carboxylic acids is 1. The van der Waals surface area contributed by atoms with E-state index >= 15 is 0 Å². The maximum absolute atomic E-state index is 12.0. The lowest BCUT2D eigenvalue weighted by atomic mass is 10.1. The number of carbonyl (C=O) groups excluding carboxylic acids is 1. The molecule has 0 fully saturated rings. The Morgan fingerprint density at radius 3 is 2.33 bits per heavy atom. The molecule has 2 aromatic carbocycles. The fourth-order valence-corrected chi connectivity index (χ4v) is 2.84. The zero-order valence-corrected chi connectivity index (χ0v) is 14.2. The lowest BCUT2D eigenvalue weighted by molar-refractivity contribution is -0.139. The van der Waals surface area contributed by atoms with Gasteiger partial charge in [-0.15, -0.1) is 11.8 Å². The molecule has 0 saturated heterocycles. The summed E-state index contributed by atoms with van der Waals surface area (Å²) in [5.74, 6) is -0.0868. The first-order valence-corrected chi connectivity index (χ1v) is 8.64. The molecule has 0 aliphatic rings. The van der Waals surface area contributed by atoms with Crippen molar-refractivity contribution in [3.05, 3.63) is 60.2 Å². The monoisotopic (exact) mass is 344 g/mol. The molecular formula is C18H20N2O3S. The number of carbonyl (C=O) groups is 2. The minimum atomic E-state index is -1.07. The first-order valence-electron chi connectivity index (χ1n) is 7.65. The third-order valence-electron chi connectivity index (χ3n) is 3.31. The summed E-state index contributed by atoms with van der Waals surface area (Å²) in [5, 5.41) is 14.5. The number of urea groups is 1. The van der Waals surface area contributed by atoms with Gasteiger partial charge in [0.1, 0.15) is 6.04 Å². The summed E-state index contributed by atoms with van der Waals surface area (Å²) in [6.45, 7) is 2.07. The van der Waals surface area contributed by atoms with Crippen LogP contribution in [0.25, 0.3) is 0 Å². The quantitative estimate of drug-likeness (QED) is 0.670. The molecule has 1 atom stereocenters. The molecule has 0 aromatic heterocycles. The highest BCUT2D eigenvalue weighted by atomic mass is 32.2. The Labute approximate surface area is 145 Å². The maximum Gasteiger partial charge on any atom is 0.326 e. The molecule has 0 bridgehead atoms. The largest absolute Gasteiger partial charge is 0.480 e. The highest BCUT2D eigenvalue weighted by Crippen LogP contribution is 2.19. The Kier molecular flexibility index (Phi) is 6.69. The number of hydrogen-bond acceptors (Lipinski definition) is 3. The smallest absolute Gasteiger partial charge is 0.326 e. The average Bonchev–Trinajstić information content (AvgIpc) is 2.57. The number of carboxylic acid groups (broad SMARTS) is 1. The van der Waals surface area contributed by atoms with Crippen molar-refractivity contribution in [3.63, 3.8) is 0 Å². The summed E-state index contributed by atoms with van der Waals surface area (Å²) in [6, 6.07) is 15.1. The van der Waals surface area contributed by atoms with Crippen molar-refractivity contribution in [3.8, 4) is 0 Å². The third kappa shape index (κ3) is 5.62. The van der Waals surface area contributed by atoms with Crippen LogP contribution in [0.4, 0.5) is 10.5 Å². The second-order valence-corrected chi connectivity index (χ2v) is 6.47. The number of benzene rings is 2. The standard InChI is InChI=1S/C18H20N2O3S/c1-2-24-15-10-8-14(9-11-15)19-18(23)20-16(17(21)22)12-13-6-4-3-5-7-13/h3-11,16H,2,12H2,1H3,(H,21,22)(H2,19,20,23)/t16-/m1/s1. The number of carboxylic acids is 1. The van der Waals surface area contributed by atoms with Gasteiger partial charge in [-0.1, -0.05) is 37.3 Å². The number of thioether (sulfide) groups is 1. The Morgan fingerprint density at radius 1 is 1.08 bits per heavy atom. The lowest BCUT2D eigenvalue weighted by Crippen LogP contribution is -2.44. The number of rotatable bonds is 7. The van der Waals surface area contributed by atoms with Crippen molar-refractivity contribution in [2.75, 3.05) is 11.1 Å². The molecule has 0 radical (unpaired) electrons. The third-order valence-corrected chi connectivity index (χ3v) is 4.20. The van der Waals surface area contributed by atoms with E-state index in [4.69, 9.17) is 0 Å². The SMILES string of the molecule is CCSc1ccc(NC(=O)N[C@H](Cc2ccccc2)C(=O)O)cc1. The molecule has 0 aliphatic heterocycles. The topological polar surface area (TPSA) is 78.4 Å². The summed E-state index contributed by atoms with van der Waals surface area (Å²) in [4.78, 5) is 24.5. The van der Waals surface area contributed by atoms with Crippen LogP contribution < -0.4 is 10.6 Å². The van der Waals surface area contributed by atoms with Gasteiger partial charge in [0.25, 0.3) is 0 Å². The Hall–Kier alpha value is -2.47. The van der Waals surface area contributed by atoms with E-state index in [9.17, 15) is 14.7 Å². The van der Waals surface area contributed by atoms with Crippen LogP contribution in [0.5, 0.6) is 0 Å². The normalized spacial score (nSPS) is 11.5. The van der Waals surface area contributed by atoms with Crippen LogP contribution >= 0.6 is 11.8 Å². The fraction of sp³-hybridized carbons (Fsp3) is 0.222. The van der Waals surface area contributed by atoms with Crippen LogP contribution in [0.3, 0.4) is 0 Å². The van der Waals surface area contributed by atoms with Crippen LogP contribution in [0, 0.1) is 0 Å². The Morgan fingerprint density at radius 2 is 1.75 bits per heavy atom. The maximum atomic E-state index is 12.0. The number of hydrogen-bond donors (Lipinski definition) is 3. The van der Waals surface area contributed by atoms with Crippen LogP contribution in [-0.2, 0) is 11.2 Å². The summed E-state index contributed by atoms with van der Waals surface area (Å²) in [5.41, 5.74) is 1.47. The van der Waals surface area contributed by atoms with Crippen LogP contribution in [0.1, 0.15) is 12.5 Å². The molecule has 3 N–H and O–H groups in total. The van der Waals surface area contributed by atoms with Gasteiger partial charge in [0.2, 0.25) is 0 Å². The highest BCUT2D eigenvalue weighted by Gasteiger charge is 2.20. The van der Waals surface area contributed by atoms with Gasteiger partial charge in [-0.2, -0.15) is 0 Å². The fourth-order valence-electron chi connectivity index (χ4n) is 2.18. The van der Waals surface area contributed by atoms with Crippen LogP contribution in [-0.4, -0.2) is 28.9 Å². The molecule has 2 rings (SSSR count). The number of nitrogens with one attached hydrogen (secondary N) is 2. The number of anilines is 1. The molecule has 2 amide bonds. The van der Waals surface area contributed by atoms with Gasteiger partial charge in [-0.05, 0) is 35.6 Å². The highest BCUT2D eigenvalue weighted by molar-refractivity contribution is 7.99. The average molecular weight is 344 g/mol. The van der Waals surface area contributed by atoms with Crippen molar-refractivity contribution < 1.29 is 14.7 Å². The van der Waals surface area contributed by atoms with E-state index in [1.165, 1.54) is 0 Å². The van der Waals surface area contributed by atoms with E-state index in [0.717, 1.165) is 16.2 Å². The molecular weight excluding hydrogens is 324 g/mol. The zero-order valence-electron chi connectivity index (χ0n) is 13.4. The van der Waals surface area contributed by atoms with Gasteiger partial charge >= 0.3 is 12.0 Å².